The van der Waals surface area contributed by atoms with E-state index in [0.717, 1.165) is 5.56 Å². The molecule has 3 aromatic rings. The van der Waals surface area contributed by atoms with Crippen LogP contribution in [0.3, 0.4) is 0 Å². The Kier molecular flexibility index (Phi) is 6.26. The summed E-state index contributed by atoms with van der Waals surface area (Å²) in [7, 11) is -0.901. The molecule has 0 spiro atoms. The Balaban J connectivity index is 1.54. The Hall–Kier alpha value is -3.21. The van der Waals surface area contributed by atoms with Crippen LogP contribution in [0.4, 0.5) is 23.7 Å². The molecule has 0 radical (unpaired) electrons. The molecule has 0 bridgehead atoms. The number of anilines is 1. The molecule has 11 heteroatoms. The molecule has 0 saturated carbocycles. The van der Waals surface area contributed by atoms with Crippen molar-refractivity contribution in [1.82, 2.24) is 15.1 Å². The normalized spacial score (nSPS) is 15.0. The summed E-state index contributed by atoms with van der Waals surface area (Å²) in [6, 6.07) is 15.5. The van der Waals surface area contributed by atoms with Crippen LogP contribution in [-0.4, -0.2) is 49.9 Å². The van der Waals surface area contributed by atoms with E-state index in [1.807, 2.05) is 30.3 Å². The first-order valence-corrected chi connectivity index (χ1v) is 11.3. The lowest BCUT2D eigenvalue weighted by Crippen LogP contribution is -2.48. The van der Waals surface area contributed by atoms with Gasteiger partial charge in [0, 0.05) is 46.6 Å². The largest absolute Gasteiger partial charge is 0.470 e. The summed E-state index contributed by atoms with van der Waals surface area (Å²) < 4.78 is 54.4. The van der Waals surface area contributed by atoms with Crippen LogP contribution in [0.2, 0.25) is 0 Å². The van der Waals surface area contributed by atoms with Crippen LogP contribution < -0.4 is 4.90 Å². The molecule has 0 aliphatic carbocycles. The highest BCUT2D eigenvalue weighted by Gasteiger charge is 2.38. The van der Waals surface area contributed by atoms with E-state index < -0.39 is 22.9 Å². The topological polar surface area (TPSA) is 79.5 Å². The second-order valence-electron chi connectivity index (χ2n) is 7.15. The Labute approximate surface area is 184 Å². The maximum Gasteiger partial charge on any atom is 0.470 e. The zero-order chi connectivity index (χ0) is 22.7. The molecule has 1 aromatic heterocycles. The second kappa shape index (κ2) is 9.11. The molecule has 2 heterocycles. The highest BCUT2D eigenvalue weighted by molar-refractivity contribution is 7.85. The van der Waals surface area contributed by atoms with Crippen LogP contribution in [0, 0.1) is 0 Å². The maximum absolute atomic E-state index is 13.2. The number of alkyl halides is 3. The minimum Gasteiger partial charge on any atom is -0.413 e. The van der Waals surface area contributed by atoms with Crippen molar-refractivity contribution in [3.8, 4) is 11.5 Å². The number of hydrogen-bond donors (Lipinski definition) is 0. The molecule has 32 heavy (non-hydrogen) atoms. The number of para-hydroxylation sites is 1. The Morgan fingerprint density at radius 1 is 1.03 bits per heavy atom. The molecule has 1 aliphatic rings. The van der Waals surface area contributed by atoms with Gasteiger partial charge >= 0.3 is 18.1 Å². The summed E-state index contributed by atoms with van der Waals surface area (Å²) >= 11 is 0. The van der Waals surface area contributed by atoms with Gasteiger partial charge in [-0.05, 0) is 29.8 Å². The molecular formula is C21H19F3N4O3S. The summed E-state index contributed by atoms with van der Waals surface area (Å²) in [6.45, 7) is 1.10. The van der Waals surface area contributed by atoms with Gasteiger partial charge in [0.2, 0.25) is 5.89 Å². The number of carbonyl (C=O) groups is 1. The number of halogens is 3. The number of hydrogen-bond acceptors (Lipinski definition) is 5. The lowest BCUT2D eigenvalue weighted by molar-refractivity contribution is -0.156. The number of aromatic nitrogens is 2. The summed E-state index contributed by atoms with van der Waals surface area (Å²) in [6.07, 6.45) is -4.71. The van der Waals surface area contributed by atoms with Crippen LogP contribution in [-0.2, 0) is 23.5 Å². The summed E-state index contributed by atoms with van der Waals surface area (Å²) in [5.41, 5.74) is 1.81. The predicted octanol–water partition coefficient (Wildman–Crippen LogP) is 3.95. The van der Waals surface area contributed by atoms with E-state index in [1.165, 1.54) is 0 Å². The Morgan fingerprint density at radius 2 is 1.69 bits per heavy atom. The van der Waals surface area contributed by atoms with E-state index in [1.54, 1.807) is 34.1 Å². The predicted molar refractivity (Wildman–Crippen MR) is 112 cm³/mol. The molecule has 168 valence electrons. The monoisotopic (exact) mass is 464 g/mol. The van der Waals surface area contributed by atoms with Crippen molar-refractivity contribution in [1.29, 1.82) is 0 Å². The van der Waals surface area contributed by atoms with E-state index in [2.05, 4.69) is 10.2 Å². The van der Waals surface area contributed by atoms with E-state index in [0.29, 0.717) is 35.8 Å². The lowest BCUT2D eigenvalue weighted by Gasteiger charge is -2.33. The molecule has 1 fully saturated rings. The third-order valence-corrected chi connectivity index (χ3v) is 6.23. The quantitative estimate of drug-likeness (QED) is 0.584. The van der Waals surface area contributed by atoms with Gasteiger partial charge in [-0.15, -0.1) is 10.2 Å². The van der Waals surface area contributed by atoms with E-state index in [9.17, 15) is 22.2 Å². The van der Waals surface area contributed by atoms with E-state index in [-0.39, 0.29) is 18.5 Å². The van der Waals surface area contributed by atoms with Gasteiger partial charge in [-0.1, -0.05) is 30.3 Å². The number of carbonyl (C=O) groups excluding carboxylic acids is 1. The average Bonchev–Trinajstić information content (AvgIpc) is 3.30. The minimum absolute atomic E-state index is 0.191. The molecule has 0 N–H and O–H groups in total. The number of nitrogens with zero attached hydrogens (tertiary/aromatic N) is 4. The summed E-state index contributed by atoms with van der Waals surface area (Å²) in [4.78, 5) is 16.5. The molecule has 2 aromatic carbocycles. The zero-order valence-corrected chi connectivity index (χ0v) is 17.6. The molecule has 4 rings (SSSR count). The van der Waals surface area contributed by atoms with Crippen LogP contribution >= 0.6 is 0 Å². The fourth-order valence-corrected chi connectivity index (χ4v) is 4.32. The maximum atomic E-state index is 13.2. The third kappa shape index (κ3) is 4.98. The van der Waals surface area contributed by atoms with Crippen molar-refractivity contribution in [2.75, 3.05) is 29.5 Å². The molecule has 0 atom stereocenters. The number of urea groups is 1. The SMILES string of the molecule is O=C(N1CCS(=O)CC1)N(Cc1ccc(-c2nnc(C(F)(F)F)o2)cc1)c1ccccc1. The fraction of sp³-hybridized carbons (Fsp3) is 0.286. The molecular weight excluding hydrogens is 445 g/mol. The van der Waals surface area contributed by atoms with Crippen LogP contribution in [0.1, 0.15) is 11.5 Å². The summed E-state index contributed by atoms with van der Waals surface area (Å²) in [5.74, 6) is -0.735. The van der Waals surface area contributed by atoms with Gasteiger partial charge in [-0.25, -0.2) is 4.79 Å². The van der Waals surface area contributed by atoms with Gasteiger partial charge < -0.3 is 9.32 Å². The lowest BCUT2D eigenvalue weighted by atomic mass is 10.1. The first-order valence-electron chi connectivity index (χ1n) is 9.78. The third-order valence-electron chi connectivity index (χ3n) is 4.96. The molecule has 7 nitrogen and oxygen atoms in total. The number of amides is 2. The highest BCUT2D eigenvalue weighted by atomic mass is 32.2. The minimum atomic E-state index is -4.71. The number of rotatable bonds is 4. The summed E-state index contributed by atoms with van der Waals surface area (Å²) in [5, 5.41) is 6.49. The van der Waals surface area contributed by atoms with Crippen molar-refractivity contribution >= 4 is 22.5 Å². The van der Waals surface area contributed by atoms with Crippen LogP contribution in [0.25, 0.3) is 11.5 Å². The van der Waals surface area contributed by atoms with Gasteiger partial charge in [0.15, 0.2) is 0 Å². The first-order chi connectivity index (χ1) is 15.3. The van der Waals surface area contributed by atoms with Crippen LogP contribution in [0.15, 0.2) is 59.0 Å². The second-order valence-corrected chi connectivity index (χ2v) is 8.84. The molecule has 1 aliphatic heterocycles. The number of benzene rings is 2. The van der Waals surface area contributed by atoms with Crippen molar-refractivity contribution < 1.29 is 26.6 Å². The smallest absolute Gasteiger partial charge is 0.413 e. The van der Waals surface area contributed by atoms with Gasteiger partial charge in [-0.3, -0.25) is 9.11 Å². The Bertz CT molecular complexity index is 1090. The van der Waals surface area contributed by atoms with Gasteiger partial charge in [0.1, 0.15) is 0 Å². The molecule has 2 amide bonds. The zero-order valence-electron chi connectivity index (χ0n) is 16.8. The van der Waals surface area contributed by atoms with E-state index in [4.69, 9.17) is 4.42 Å². The van der Waals surface area contributed by atoms with Crippen molar-refractivity contribution in [2.45, 2.75) is 12.7 Å². The van der Waals surface area contributed by atoms with Gasteiger partial charge in [0.25, 0.3) is 0 Å². The van der Waals surface area contributed by atoms with Crippen molar-refractivity contribution in [3.05, 3.63) is 66.1 Å². The standard InChI is InChI=1S/C21H19F3N4O3S/c22-21(23,24)19-26-25-18(31-19)16-8-6-15(7-9-16)14-28(17-4-2-1-3-5-17)20(29)27-10-12-32(30)13-11-27/h1-9H,10-14H2. The highest BCUT2D eigenvalue weighted by Crippen LogP contribution is 2.30. The van der Waals surface area contributed by atoms with Crippen molar-refractivity contribution in [3.63, 3.8) is 0 Å². The first kappa shape index (κ1) is 22.0. The van der Waals surface area contributed by atoms with Gasteiger partial charge in [0.05, 0.1) is 6.54 Å². The van der Waals surface area contributed by atoms with Gasteiger partial charge in [-0.2, -0.15) is 13.2 Å². The molecule has 0 unspecified atom stereocenters. The molecule has 1 saturated heterocycles. The van der Waals surface area contributed by atoms with E-state index >= 15 is 0 Å². The fourth-order valence-electron chi connectivity index (χ4n) is 3.27. The Morgan fingerprint density at radius 3 is 2.28 bits per heavy atom. The van der Waals surface area contributed by atoms with Crippen LogP contribution in [0.5, 0.6) is 0 Å². The van der Waals surface area contributed by atoms with Crippen molar-refractivity contribution in [2.24, 2.45) is 0 Å². The average molecular weight is 464 g/mol.